The summed E-state index contributed by atoms with van der Waals surface area (Å²) < 4.78 is 5.41. The third-order valence-corrected chi connectivity index (χ3v) is 3.90. The van der Waals surface area contributed by atoms with Crippen LogP contribution in [0, 0.1) is 6.92 Å². The lowest BCUT2D eigenvalue weighted by Crippen LogP contribution is -2.33. The predicted molar refractivity (Wildman–Crippen MR) is 72.0 cm³/mol. The minimum Gasteiger partial charge on any atom is -0.478 e. The van der Waals surface area contributed by atoms with E-state index in [1.165, 1.54) is 29.3 Å². The van der Waals surface area contributed by atoms with Crippen molar-refractivity contribution in [3.05, 3.63) is 23.9 Å². The van der Waals surface area contributed by atoms with Crippen LogP contribution < -0.4 is 4.90 Å². The summed E-state index contributed by atoms with van der Waals surface area (Å²) in [7, 11) is 1.52. The lowest BCUT2D eigenvalue weighted by atomic mass is 10.2. The third-order valence-electron chi connectivity index (χ3n) is 2.88. The van der Waals surface area contributed by atoms with Crippen LogP contribution in [0.25, 0.3) is 0 Å². The number of carboxylic acid groups (broad SMARTS) is 1. The number of carbonyl (C=O) groups is 2. The van der Waals surface area contributed by atoms with Gasteiger partial charge in [-0.25, -0.2) is 14.5 Å². The molecule has 0 aliphatic carbocycles. The zero-order valence-electron chi connectivity index (χ0n) is 11.1. The Morgan fingerprint density at radius 3 is 2.75 bits per heavy atom. The lowest BCUT2D eigenvalue weighted by molar-refractivity contribution is -0.121. The molecule has 8 nitrogen and oxygen atoms in total. The molecular formula is C11H13N5O3S. The van der Waals surface area contributed by atoms with Crippen LogP contribution in [0.15, 0.2) is 12.7 Å². The maximum absolute atomic E-state index is 12.3. The fourth-order valence-corrected chi connectivity index (χ4v) is 2.60. The number of hydrogen-bond donors (Lipinski definition) is 1. The smallest absolute Gasteiger partial charge is 0.340 e. The normalized spacial score (nSPS) is 12.2. The van der Waals surface area contributed by atoms with Gasteiger partial charge in [-0.3, -0.25) is 4.79 Å². The van der Waals surface area contributed by atoms with Crippen LogP contribution in [0.2, 0.25) is 0 Å². The summed E-state index contributed by atoms with van der Waals surface area (Å²) >= 11 is 0.985. The van der Waals surface area contributed by atoms with E-state index in [-0.39, 0.29) is 11.5 Å². The highest BCUT2D eigenvalue weighted by Crippen LogP contribution is 2.29. The summed E-state index contributed by atoms with van der Waals surface area (Å²) in [6.07, 6.45) is 2.77. The molecule has 0 aliphatic heterocycles. The summed E-state index contributed by atoms with van der Waals surface area (Å²) in [6.45, 7) is 3.27. The maximum Gasteiger partial charge on any atom is 0.340 e. The largest absolute Gasteiger partial charge is 0.478 e. The second-order valence-electron chi connectivity index (χ2n) is 4.20. The molecule has 0 spiro atoms. The Labute approximate surface area is 118 Å². The number of rotatable bonds is 4. The van der Waals surface area contributed by atoms with E-state index in [1.54, 1.807) is 13.8 Å². The Morgan fingerprint density at radius 1 is 1.50 bits per heavy atom. The first-order chi connectivity index (χ1) is 9.43. The number of aromatic carboxylic acids is 1. The predicted octanol–water partition coefficient (Wildman–Crippen LogP) is 0.965. The zero-order chi connectivity index (χ0) is 14.9. The SMILES string of the molecule is Cc1nsc(N(C)C(=O)C(C)n2cncn2)c1C(=O)O. The average Bonchev–Trinajstić information content (AvgIpc) is 3.04. The maximum atomic E-state index is 12.3. The van der Waals surface area contributed by atoms with E-state index in [0.717, 1.165) is 11.5 Å². The number of carbonyl (C=O) groups excluding carboxylic acids is 1. The molecule has 1 unspecified atom stereocenters. The average molecular weight is 295 g/mol. The number of carboxylic acids is 1. The molecule has 1 atom stereocenters. The molecule has 0 saturated carbocycles. The van der Waals surface area contributed by atoms with Gasteiger partial charge in [0, 0.05) is 7.05 Å². The second-order valence-corrected chi connectivity index (χ2v) is 4.95. The van der Waals surface area contributed by atoms with Gasteiger partial charge in [0.15, 0.2) is 0 Å². The standard InChI is InChI=1S/C11H13N5O3S/c1-6-8(11(18)19)10(20-14-6)15(3)9(17)7(2)16-5-12-4-13-16/h4-5,7H,1-3H3,(H,18,19). The Balaban J connectivity index is 2.30. The molecule has 1 amide bonds. The first-order valence-corrected chi connectivity index (χ1v) is 6.52. The van der Waals surface area contributed by atoms with Crippen LogP contribution in [-0.2, 0) is 4.79 Å². The van der Waals surface area contributed by atoms with Crippen LogP contribution in [0.4, 0.5) is 5.00 Å². The van der Waals surface area contributed by atoms with Gasteiger partial charge in [0.2, 0.25) is 0 Å². The summed E-state index contributed by atoms with van der Waals surface area (Å²) in [4.78, 5) is 28.7. The fourth-order valence-electron chi connectivity index (χ4n) is 1.74. The van der Waals surface area contributed by atoms with E-state index in [2.05, 4.69) is 14.5 Å². The van der Waals surface area contributed by atoms with Gasteiger partial charge >= 0.3 is 5.97 Å². The van der Waals surface area contributed by atoms with Crippen LogP contribution >= 0.6 is 11.5 Å². The molecule has 2 heterocycles. The van der Waals surface area contributed by atoms with Gasteiger partial charge in [0.25, 0.3) is 5.91 Å². The molecule has 2 rings (SSSR count). The number of anilines is 1. The first kappa shape index (κ1) is 14.1. The number of nitrogens with zero attached hydrogens (tertiary/aromatic N) is 5. The molecule has 2 aromatic heterocycles. The molecule has 0 saturated heterocycles. The van der Waals surface area contributed by atoms with Gasteiger partial charge in [-0.2, -0.15) is 9.47 Å². The van der Waals surface area contributed by atoms with Crippen LogP contribution in [0.5, 0.6) is 0 Å². The van der Waals surface area contributed by atoms with Gasteiger partial charge in [-0.1, -0.05) is 0 Å². The lowest BCUT2D eigenvalue weighted by Gasteiger charge is -2.20. The zero-order valence-corrected chi connectivity index (χ0v) is 12.0. The van der Waals surface area contributed by atoms with Gasteiger partial charge in [-0.05, 0) is 25.4 Å². The number of aryl methyl sites for hydroxylation is 1. The number of aromatic nitrogens is 4. The molecule has 9 heteroatoms. The second kappa shape index (κ2) is 5.37. The van der Waals surface area contributed by atoms with Gasteiger partial charge in [-0.15, -0.1) is 0 Å². The van der Waals surface area contributed by atoms with E-state index >= 15 is 0 Å². The van der Waals surface area contributed by atoms with Crippen molar-refractivity contribution < 1.29 is 14.7 Å². The first-order valence-electron chi connectivity index (χ1n) is 5.74. The van der Waals surface area contributed by atoms with E-state index in [1.807, 2.05) is 0 Å². The van der Waals surface area contributed by atoms with Crippen LogP contribution in [-0.4, -0.2) is 43.2 Å². The monoisotopic (exact) mass is 295 g/mol. The highest BCUT2D eigenvalue weighted by molar-refractivity contribution is 7.11. The van der Waals surface area contributed by atoms with Crippen LogP contribution in [0.1, 0.15) is 29.0 Å². The van der Waals surface area contributed by atoms with Crippen molar-refractivity contribution in [2.24, 2.45) is 0 Å². The number of amides is 1. The topological polar surface area (TPSA) is 101 Å². The van der Waals surface area contributed by atoms with Crippen LogP contribution in [0.3, 0.4) is 0 Å². The highest BCUT2D eigenvalue weighted by Gasteiger charge is 2.27. The van der Waals surface area contributed by atoms with E-state index in [9.17, 15) is 14.7 Å². The van der Waals surface area contributed by atoms with Crippen molar-refractivity contribution in [1.29, 1.82) is 0 Å². The Kier molecular flexibility index (Phi) is 3.79. The molecule has 1 N–H and O–H groups in total. The molecule has 2 aromatic rings. The van der Waals surface area contributed by atoms with Crippen molar-refractivity contribution in [2.75, 3.05) is 11.9 Å². The summed E-state index contributed by atoms with van der Waals surface area (Å²) in [5, 5.41) is 13.4. The summed E-state index contributed by atoms with van der Waals surface area (Å²) in [6, 6.07) is -0.577. The van der Waals surface area contributed by atoms with Crippen molar-refractivity contribution in [3.8, 4) is 0 Å². The molecule has 0 aliphatic rings. The quantitative estimate of drug-likeness (QED) is 0.901. The minimum absolute atomic E-state index is 0.0524. The number of likely N-dealkylation sites (N-methyl/N-ethyl adjacent to an activating group) is 1. The molecule has 0 fully saturated rings. The molecular weight excluding hydrogens is 282 g/mol. The minimum atomic E-state index is -1.10. The molecule has 20 heavy (non-hydrogen) atoms. The highest BCUT2D eigenvalue weighted by atomic mass is 32.1. The summed E-state index contributed by atoms with van der Waals surface area (Å²) in [5.74, 6) is -1.39. The van der Waals surface area contributed by atoms with E-state index in [4.69, 9.17) is 0 Å². The summed E-state index contributed by atoms with van der Waals surface area (Å²) in [5.41, 5.74) is 0.446. The van der Waals surface area contributed by atoms with Crippen molar-refractivity contribution in [1.82, 2.24) is 19.1 Å². The Bertz CT molecular complexity index is 637. The van der Waals surface area contributed by atoms with Gasteiger partial charge in [0.05, 0.1) is 5.69 Å². The van der Waals surface area contributed by atoms with Crippen molar-refractivity contribution in [2.45, 2.75) is 19.9 Å². The van der Waals surface area contributed by atoms with Crippen molar-refractivity contribution >= 4 is 28.4 Å². The number of hydrogen-bond acceptors (Lipinski definition) is 6. The van der Waals surface area contributed by atoms with Gasteiger partial charge < -0.3 is 10.0 Å². The third kappa shape index (κ3) is 2.39. The molecule has 0 aromatic carbocycles. The Hall–Kier alpha value is -2.29. The molecule has 106 valence electrons. The Morgan fingerprint density at radius 2 is 2.20 bits per heavy atom. The van der Waals surface area contributed by atoms with E-state index < -0.39 is 12.0 Å². The molecule has 0 bridgehead atoms. The van der Waals surface area contributed by atoms with Crippen molar-refractivity contribution in [3.63, 3.8) is 0 Å². The van der Waals surface area contributed by atoms with Gasteiger partial charge in [0.1, 0.15) is 29.3 Å². The van der Waals surface area contributed by atoms with E-state index in [0.29, 0.717) is 10.7 Å². The fraction of sp³-hybridized carbons (Fsp3) is 0.364. The molecule has 0 radical (unpaired) electrons.